The summed E-state index contributed by atoms with van der Waals surface area (Å²) in [4.78, 5) is 2.55. The van der Waals surface area contributed by atoms with Gasteiger partial charge in [0, 0.05) is 32.3 Å². The SMILES string of the molecule is CCC(C)N(CCOC)CC1CCC(C)(C)C1N. The Kier molecular flexibility index (Phi) is 6.09. The lowest BCUT2D eigenvalue weighted by Gasteiger charge is -2.34. The number of hydrogen-bond donors (Lipinski definition) is 1. The zero-order chi connectivity index (χ0) is 13.8. The third kappa shape index (κ3) is 3.94. The molecule has 0 aromatic heterocycles. The van der Waals surface area contributed by atoms with Gasteiger partial charge in [-0.25, -0.2) is 0 Å². The number of methoxy groups -OCH3 is 1. The Hall–Kier alpha value is -0.120. The Morgan fingerprint density at radius 1 is 1.44 bits per heavy atom. The van der Waals surface area contributed by atoms with Gasteiger partial charge in [0.1, 0.15) is 0 Å². The highest BCUT2D eigenvalue weighted by Crippen LogP contribution is 2.40. The molecule has 0 saturated heterocycles. The lowest BCUT2D eigenvalue weighted by atomic mass is 9.85. The molecule has 1 saturated carbocycles. The molecule has 0 aromatic rings. The van der Waals surface area contributed by atoms with Crippen molar-refractivity contribution in [2.75, 3.05) is 26.8 Å². The molecule has 1 rings (SSSR count). The Morgan fingerprint density at radius 2 is 2.11 bits per heavy atom. The molecule has 0 bridgehead atoms. The van der Waals surface area contributed by atoms with Crippen LogP contribution in [0, 0.1) is 11.3 Å². The summed E-state index contributed by atoms with van der Waals surface area (Å²) >= 11 is 0. The fourth-order valence-corrected chi connectivity index (χ4v) is 3.01. The van der Waals surface area contributed by atoms with Gasteiger partial charge in [0.25, 0.3) is 0 Å². The Morgan fingerprint density at radius 3 is 2.56 bits per heavy atom. The fraction of sp³-hybridized carbons (Fsp3) is 1.00. The predicted molar refractivity (Wildman–Crippen MR) is 77.7 cm³/mol. The van der Waals surface area contributed by atoms with Crippen LogP contribution < -0.4 is 5.73 Å². The van der Waals surface area contributed by atoms with E-state index in [1.54, 1.807) is 7.11 Å². The summed E-state index contributed by atoms with van der Waals surface area (Å²) in [5, 5.41) is 0. The molecule has 0 aromatic carbocycles. The van der Waals surface area contributed by atoms with Crippen LogP contribution in [-0.4, -0.2) is 43.8 Å². The van der Waals surface area contributed by atoms with Crippen molar-refractivity contribution in [1.29, 1.82) is 0 Å². The first-order chi connectivity index (χ1) is 8.42. The van der Waals surface area contributed by atoms with E-state index in [4.69, 9.17) is 10.5 Å². The van der Waals surface area contributed by atoms with Crippen molar-refractivity contribution in [3.8, 4) is 0 Å². The molecule has 108 valence electrons. The first kappa shape index (κ1) is 15.9. The second kappa shape index (κ2) is 6.88. The van der Waals surface area contributed by atoms with Gasteiger partial charge in [-0.1, -0.05) is 20.8 Å². The van der Waals surface area contributed by atoms with Gasteiger partial charge in [-0.3, -0.25) is 4.90 Å². The van der Waals surface area contributed by atoms with Crippen LogP contribution in [0.5, 0.6) is 0 Å². The van der Waals surface area contributed by atoms with E-state index in [0.29, 0.717) is 23.4 Å². The minimum atomic E-state index is 0.313. The van der Waals surface area contributed by atoms with Gasteiger partial charge < -0.3 is 10.5 Å². The molecule has 1 fully saturated rings. The molecular formula is C15H32N2O. The first-order valence-electron chi connectivity index (χ1n) is 7.41. The third-order valence-corrected chi connectivity index (χ3v) is 4.84. The van der Waals surface area contributed by atoms with Crippen LogP contribution in [0.1, 0.15) is 47.0 Å². The zero-order valence-corrected chi connectivity index (χ0v) is 12.9. The van der Waals surface area contributed by atoms with Crippen molar-refractivity contribution < 1.29 is 4.74 Å². The van der Waals surface area contributed by atoms with Gasteiger partial charge in [-0.2, -0.15) is 0 Å². The smallest absolute Gasteiger partial charge is 0.0589 e. The molecule has 2 N–H and O–H groups in total. The van der Waals surface area contributed by atoms with Crippen LogP contribution in [0.4, 0.5) is 0 Å². The van der Waals surface area contributed by atoms with Crippen LogP contribution >= 0.6 is 0 Å². The summed E-state index contributed by atoms with van der Waals surface area (Å²) in [6.07, 6.45) is 3.72. The molecule has 0 spiro atoms. The minimum absolute atomic E-state index is 0.313. The molecule has 3 unspecified atom stereocenters. The zero-order valence-electron chi connectivity index (χ0n) is 12.9. The lowest BCUT2D eigenvalue weighted by Crippen LogP contribution is -2.45. The average Bonchev–Trinajstić information content (AvgIpc) is 2.60. The van der Waals surface area contributed by atoms with E-state index in [1.807, 2.05) is 0 Å². The molecule has 0 amide bonds. The Balaban J connectivity index is 2.55. The van der Waals surface area contributed by atoms with Crippen LogP contribution in [0.15, 0.2) is 0 Å². The molecule has 0 heterocycles. The number of nitrogens with two attached hydrogens (primary N) is 1. The topological polar surface area (TPSA) is 38.5 Å². The van der Waals surface area contributed by atoms with Crippen LogP contribution in [0.2, 0.25) is 0 Å². The molecule has 1 aliphatic carbocycles. The van der Waals surface area contributed by atoms with Crippen molar-refractivity contribution in [2.24, 2.45) is 17.1 Å². The minimum Gasteiger partial charge on any atom is -0.383 e. The van der Waals surface area contributed by atoms with Gasteiger partial charge >= 0.3 is 0 Å². The van der Waals surface area contributed by atoms with E-state index in [9.17, 15) is 0 Å². The van der Waals surface area contributed by atoms with E-state index >= 15 is 0 Å². The van der Waals surface area contributed by atoms with Gasteiger partial charge in [0.15, 0.2) is 0 Å². The molecule has 3 heteroatoms. The van der Waals surface area contributed by atoms with Gasteiger partial charge in [0.2, 0.25) is 0 Å². The van der Waals surface area contributed by atoms with Crippen LogP contribution in [-0.2, 0) is 4.74 Å². The molecule has 0 aliphatic heterocycles. The second-order valence-electron chi connectivity index (χ2n) is 6.56. The number of rotatable bonds is 7. The van der Waals surface area contributed by atoms with Crippen molar-refractivity contribution in [1.82, 2.24) is 4.90 Å². The Labute approximate surface area is 113 Å². The lowest BCUT2D eigenvalue weighted by molar-refractivity contribution is 0.104. The fourth-order valence-electron chi connectivity index (χ4n) is 3.01. The maximum Gasteiger partial charge on any atom is 0.0589 e. The van der Waals surface area contributed by atoms with Crippen LogP contribution in [0.25, 0.3) is 0 Å². The summed E-state index contributed by atoms with van der Waals surface area (Å²) < 4.78 is 5.23. The maximum atomic E-state index is 6.42. The maximum absolute atomic E-state index is 6.42. The van der Waals surface area contributed by atoms with Crippen molar-refractivity contribution >= 4 is 0 Å². The standard InChI is InChI=1S/C15H32N2O/c1-6-12(2)17(9-10-18-5)11-13-7-8-15(3,4)14(13)16/h12-14H,6-11,16H2,1-5H3. The highest BCUT2D eigenvalue weighted by molar-refractivity contribution is 4.95. The summed E-state index contributed by atoms with van der Waals surface area (Å²) in [7, 11) is 1.78. The van der Waals surface area contributed by atoms with Gasteiger partial charge in [-0.05, 0) is 37.5 Å². The molecule has 1 aliphatic rings. The van der Waals surface area contributed by atoms with E-state index in [2.05, 4.69) is 32.6 Å². The van der Waals surface area contributed by atoms with Crippen molar-refractivity contribution in [2.45, 2.75) is 59.0 Å². The highest BCUT2D eigenvalue weighted by atomic mass is 16.5. The first-order valence-corrected chi connectivity index (χ1v) is 7.41. The molecular weight excluding hydrogens is 224 g/mol. The largest absolute Gasteiger partial charge is 0.383 e. The average molecular weight is 256 g/mol. The highest BCUT2D eigenvalue weighted by Gasteiger charge is 2.40. The van der Waals surface area contributed by atoms with Crippen molar-refractivity contribution in [3.63, 3.8) is 0 Å². The van der Waals surface area contributed by atoms with Gasteiger partial charge in [0.05, 0.1) is 6.61 Å². The normalized spacial score (nSPS) is 28.8. The molecule has 3 atom stereocenters. The summed E-state index contributed by atoms with van der Waals surface area (Å²) in [5.41, 5.74) is 6.73. The number of hydrogen-bond acceptors (Lipinski definition) is 3. The van der Waals surface area contributed by atoms with Crippen LogP contribution in [0.3, 0.4) is 0 Å². The van der Waals surface area contributed by atoms with Crippen molar-refractivity contribution in [3.05, 3.63) is 0 Å². The van der Waals surface area contributed by atoms with E-state index < -0.39 is 0 Å². The van der Waals surface area contributed by atoms with E-state index in [-0.39, 0.29) is 0 Å². The molecule has 0 radical (unpaired) electrons. The number of nitrogens with zero attached hydrogens (tertiary/aromatic N) is 1. The summed E-state index contributed by atoms with van der Waals surface area (Å²) in [6.45, 7) is 12.1. The quantitative estimate of drug-likeness (QED) is 0.760. The second-order valence-corrected chi connectivity index (χ2v) is 6.56. The van der Waals surface area contributed by atoms with Gasteiger partial charge in [-0.15, -0.1) is 0 Å². The predicted octanol–water partition coefficient (Wildman–Crippen LogP) is 2.50. The summed E-state index contributed by atoms with van der Waals surface area (Å²) in [5.74, 6) is 0.644. The molecule has 18 heavy (non-hydrogen) atoms. The summed E-state index contributed by atoms with van der Waals surface area (Å²) in [6, 6.07) is 0.961. The Bertz CT molecular complexity index is 243. The number of ether oxygens (including phenoxy) is 1. The monoisotopic (exact) mass is 256 g/mol. The molecule has 3 nitrogen and oxygen atoms in total. The van der Waals surface area contributed by atoms with E-state index in [0.717, 1.165) is 19.7 Å². The third-order valence-electron chi connectivity index (χ3n) is 4.84. The van der Waals surface area contributed by atoms with E-state index in [1.165, 1.54) is 19.3 Å².